The molecule has 2 rings (SSSR count). The predicted octanol–water partition coefficient (Wildman–Crippen LogP) is 3.59. The fourth-order valence-electron chi connectivity index (χ4n) is 1.71. The van der Waals surface area contributed by atoms with Crippen molar-refractivity contribution in [3.8, 4) is 0 Å². The lowest BCUT2D eigenvalue weighted by Crippen LogP contribution is -2.29. The van der Waals surface area contributed by atoms with Crippen molar-refractivity contribution in [3.05, 3.63) is 62.9 Å². The third-order valence-electron chi connectivity index (χ3n) is 2.57. The van der Waals surface area contributed by atoms with Crippen molar-refractivity contribution in [1.82, 2.24) is 10.4 Å². The molecule has 18 heavy (non-hydrogen) atoms. The van der Waals surface area contributed by atoms with Crippen LogP contribution in [-0.4, -0.2) is 4.98 Å². The first-order valence-electron chi connectivity index (χ1n) is 5.14. The van der Waals surface area contributed by atoms with Gasteiger partial charge in [-0.05, 0) is 23.3 Å². The van der Waals surface area contributed by atoms with Crippen molar-refractivity contribution >= 4 is 34.8 Å². The molecule has 2 aromatic rings. The first-order chi connectivity index (χ1) is 8.65. The van der Waals surface area contributed by atoms with Gasteiger partial charge >= 0.3 is 0 Å². The molecule has 0 spiro atoms. The summed E-state index contributed by atoms with van der Waals surface area (Å²) in [6, 6.07) is 6.81. The van der Waals surface area contributed by atoms with Gasteiger partial charge in [-0.25, -0.2) is 5.43 Å². The molecule has 94 valence electrons. The normalized spacial score (nSPS) is 12.4. The lowest BCUT2D eigenvalue weighted by Gasteiger charge is -2.19. The highest BCUT2D eigenvalue weighted by Crippen LogP contribution is 2.34. The van der Waals surface area contributed by atoms with Crippen LogP contribution in [0.15, 0.2) is 36.7 Å². The van der Waals surface area contributed by atoms with Crippen molar-refractivity contribution in [2.24, 2.45) is 5.84 Å². The van der Waals surface area contributed by atoms with E-state index in [0.29, 0.717) is 15.1 Å². The zero-order chi connectivity index (χ0) is 13.1. The second-order valence-electron chi connectivity index (χ2n) is 3.64. The van der Waals surface area contributed by atoms with E-state index in [4.69, 9.17) is 40.6 Å². The Morgan fingerprint density at radius 3 is 2.50 bits per heavy atom. The van der Waals surface area contributed by atoms with Gasteiger partial charge in [-0.1, -0.05) is 46.9 Å². The molecule has 3 N–H and O–H groups in total. The molecule has 1 atom stereocenters. The SMILES string of the molecule is NNC(c1ccncc1Cl)c1cccc(Cl)c1Cl. The Hall–Kier alpha value is -0.840. The van der Waals surface area contributed by atoms with Crippen LogP contribution in [-0.2, 0) is 0 Å². The second kappa shape index (κ2) is 5.87. The number of hydrogen-bond acceptors (Lipinski definition) is 3. The van der Waals surface area contributed by atoms with Crippen molar-refractivity contribution in [1.29, 1.82) is 0 Å². The average Bonchev–Trinajstić information content (AvgIpc) is 2.37. The van der Waals surface area contributed by atoms with Crippen molar-refractivity contribution in [2.45, 2.75) is 6.04 Å². The summed E-state index contributed by atoms with van der Waals surface area (Å²) in [5.74, 6) is 5.59. The number of pyridine rings is 1. The largest absolute Gasteiger partial charge is 0.271 e. The number of nitrogens with zero attached hydrogens (tertiary/aromatic N) is 1. The van der Waals surface area contributed by atoms with Gasteiger partial charge in [-0.15, -0.1) is 0 Å². The van der Waals surface area contributed by atoms with Gasteiger partial charge in [0, 0.05) is 12.4 Å². The molecule has 1 aromatic carbocycles. The summed E-state index contributed by atoms with van der Waals surface area (Å²) in [5.41, 5.74) is 4.24. The maximum atomic E-state index is 6.18. The van der Waals surface area contributed by atoms with Crippen LogP contribution < -0.4 is 11.3 Å². The summed E-state index contributed by atoms with van der Waals surface area (Å²) < 4.78 is 0. The zero-order valence-electron chi connectivity index (χ0n) is 9.20. The van der Waals surface area contributed by atoms with E-state index in [1.54, 1.807) is 24.5 Å². The highest BCUT2D eigenvalue weighted by Gasteiger charge is 2.19. The minimum Gasteiger partial charge on any atom is -0.271 e. The van der Waals surface area contributed by atoms with E-state index >= 15 is 0 Å². The fraction of sp³-hybridized carbons (Fsp3) is 0.0833. The average molecular weight is 303 g/mol. The van der Waals surface area contributed by atoms with E-state index < -0.39 is 0 Å². The Labute approximate surface area is 120 Å². The van der Waals surface area contributed by atoms with Gasteiger partial charge in [0.2, 0.25) is 0 Å². The number of rotatable bonds is 3. The monoisotopic (exact) mass is 301 g/mol. The molecule has 0 aliphatic heterocycles. The zero-order valence-corrected chi connectivity index (χ0v) is 11.5. The fourth-order valence-corrected chi connectivity index (χ4v) is 2.36. The summed E-state index contributed by atoms with van der Waals surface area (Å²) in [6.07, 6.45) is 3.20. The molecule has 0 aliphatic carbocycles. The number of nitrogens with one attached hydrogen (secondary N) is 1. The van der Waals surface area contributed by atoms with E-state index in [9.17, 15) is 0 Å². The topological polar surface area (TPSA) is 50.9 Å². The Balaban J connectivity index is 2.53. The molecular formula is C12H10Cl3N3. The van der Waals surface area contributed by atoms with Crippen LogP contribution in [0.5, 0.6) is 0 Å². The molecule has 0 saturated carbocycles. The summed E-state index contributed by atoms with van der Waals surface area (Å²) in [6.45, 7) is 0. The molecule has 1 aromatic heterocycles. The van der Waals surface area contributed by atoms with Crippen molar-refractivity contribution in [2.75, 3.05) is 0 Å². The Morgan fingerprint density at radius 2 is 1.83 bits per heavy atom. The second-order valence-corrected chi connectivity index (χ2v) is 4.83. The minimum absolute atomic E-state index is 0.341. The number of hydrazine groups is 1. The van der Waals surface area contributed by atoms with Crippen molar-refractivity contribution < 1.29 is 0 Å². The molecule has 1 unspecified atom stereocenters. The van der Waals surface area contributed by atoms with E-state index in [0.717, 1.165) is 11.1 Å². The summed E-state index contributed by atoms with van der Waals surface area (Å²) in [7, 11) is 0. The predicted molar refractivity (Wildman–Crippen MR) is 74.9 cm³/mol. The quantitative estimate of drug-likeness (QED) is 0.673. The van der Waals surface area contributed by atoms with Gasteiger partial charge in [0.05, 0.1) is 21.1 Å². The van der Waals surface area contributed by atoms with Gasteiger partial charge in [0.15, 0.2) is 0 Å². The van der Waals surface area contributed by atoms with Gasteiger partial charge in [-0.3, -0.25) is 10.8 Å². The molecule has 0 aliphatic rings. The highest BCUT2D eigenvalue weighted by atomic mass is 35.5. The lowest BCUT2D eigenvalue weighted by molar-refractivity contribution is 0.636. The molecule has 0 radical (unpaired) electrons. The molecule has 1 heterocycles. The molecule has 0 fully saturated rings. The van der Waals surface area contributed by atoms with Gasteiger partial charge in [0.1, 0.15) is 0 Å². The van der Waals surface area contributed by atoms with Crippen LogP contribution in [0, 0.1) is 0 Å². The van der Waals surface area contributed by atoms with E-state index in [-0.39, 0.29) is 6.04 Å². The van der Waals surface area contributed by atoms with Gasteiger partial charge in [0.25, 0.3) is 0 Å². The van der Waals surface area contributed by atoms with Crippen molar-refractivity contribution in [3.63, 3.8) is 0 Å². The number of hydrogen-bond donors (Lipinski definition) is 2. The van der Waals surface area contributed by atoms with Crippen LogP contribution in [0.2, 0.25) is 15.1 Å². The summed E-state index contributed by atoms with van der Waals surface area (Å²) >= 11 is 18.3. The Bertz CT molecular complexity index is 560. The first-order valence-corrected chi connectivity index (χ1v) is 6.28. The minimum atomic E-state index is -0.341. The molecular weight excluding hydrogens is 293 g/mol. The first kappa shape index (κ1) is 13.6. The number of benzene rings is 1. The highest BCUT2D eigenvalue weighted by molar-refractivity contribution is 6.42. The van der Waals surface area contributed by atoms with Gasteiger partial charge in [-0.2, -0.15) is 0 Å². The molecule has 6 heteroatoms. The van der Waals surface area contributed by atoms with E-state index in [2.05, 4.69) is 10.4 Å². The molecule has 0 amide bonds. The number of halogens is 3. The maximum Gasteiger partial charge on any atom is 0.0740 e. The third kappa shape index (κ3) is 2.60. The van der Waals surface area contributed by atoms with Crippen LogP contribution >= 0.6 is 34.8 Å². The van der Waals surface area contributed by atoms with Crippen LogP contribution in [0.25, 0.3) is 0 Å². The number of aromatic nitrogens is 1. The molecule has 0 saturated heterocycles. The summed E-state index contributed by atoms with van der Waals surface area (Å²) in [5, 5.41) is 1.44. The van der Waals surface area contributed by atoms with Crippen LogP contribution in [0.3, 0.4) is 0 Å². The third-order valence-corrected chi connectivity index (χ3v) is 3.72. The summed E-state index contributed by atoms with van der Waals surface area (Å²) in [4.78, 5) is 3.94. The van der Waals surface area contributed by atoms with Gasteiger partial charge < -0.3 is 0 Å². The smallest absolute Gasteiger partial charge is 0.0740 e. The lowest BCUT2D eigenvalue weighted by atomic mass is 10.0. The standard InChI is InChI=1S/C12H10Cl3N3/c13-9-3-1-2-8(11(9)15)12(18-16)7-4-5-17-6-10(7)14/h1-6,12,18H,16H2. The van der Waals surface area contributed by atoms with Crippen LogP contribution in [0.1, 0.15) is 17.2 Å². The number of nitrogens with two attached hydrogens (primary N) is 1. The Kier molecular flexibility index (Phi) is 4.43. The molecule has 3 nitrogen and oxygen atoms in total. The van der Waals surface area contributed by atoms with E-state index in [1.165, 1.54) is 0 Å². The van der Waals surface area contributed by atoms with Crippen LogP contribution in [0.4, 0.5) is 0 Å². The van der Waals surface area contributed by atoms with E-state index in [1.807, 2.05) is 12.1 Å². The molecule has 0 bridgehead atoms. The maximum absolute atomic E-state index is 6.18. The Morgan fingerprint density at radius 1 is 1.06 bits per heavy atom.